The fourth-order valence-electron chi connectivity index (χ4n) is 3.06. The number of aromatic nitrogens is 1. The van der Waals surface area contributed by atoms with E-state index in [1.165, 1.54) is 26.2 Å². The third kappa shape index (κ3) is 3.70. The number of pyridine rings is 1. The van der Waals surface area contributed by atoms with Gasteiger partial charge in [0.05, 0.1) is 22.2 Å². The summed E-state index contributed by atoms with van der Waals surface area (Å²) < 4.78 is 31.3. The van der Waals surface area contributed by atoms with Crippen molar-refractivity contribution in [2.45, 2.75) is 4.90 Å². The zero-order valence-electron chi connectivity index (χ0n) is 16.4. The van der Waals surface area contributed by atoms with Crippen LogP contribution in [-0.4, -0.2) is 37.7 Å². The average molecular weight is 421 g/mol. The molecule has 0 bridgehead atoms. The third-order valence-corrected chi connectivity index (χ3v) is 6.42. The summed E-state index contributed by atoms with van der Waals surface area (Å²) in [6.45, 7) is 0. The van der Waals surface area contributed by atoms with E-state index in [1.807, 2.05) is 24.3 Å². The van der Waals surface area contributed by atoms with Gasteiger partial charge < -0.3 is 9.73 Å². The molecule has 0 aliphatic heterocycles. The van der Waals surface area contributed by atoms with Gasteiger partial charge in [0.2, 0.25) is 10.0 Å². The van der Waals surface area contributed by atoms with Crippen LogP contribution >= 0.6 is 0 Å². The number of fused-ring (bicyclic) bond motifs is 1. The summed E-state index contributed by atoms with van der Waals surface area (Å²) in [6, 6.07) is 18.7. The van der Waals surface area contributed by atoms with Crippen LogP contribution < -0.4 is 5.32 Å². The molecule has 0 fully saturated rings. The van der Waals surface area contributed by atoms with Crippen molar-refractivity contribution < 1.29 is 17.6 Å². The fourth-order valence-corrected chi connectivity index (χ4v) is 4.01. The first kappa shape index (κ1) is 19.8. The van der Waals surface area contributed by atoms with Gasteiger partial charge in [-0.1, -0.05) is 24.3 Å². The summed E-state index contributed by atoms with van der Waals surface area (Å²) in [4.78, 5) is 17.8. The number of amides is 1. The lowest BCUT2D eigenvalue weighted by Gasteiger charge is -2.13. The van der Waals surface area contributed by atoms with Crippen LogP contribution in [0.1, 0.15) is 10.4 Å². The molecule has 2 aromatic carbocycles. The average Bonchev–Trinajstić information content (AvgIpc) is 3.28. The minimum Gasteiger partial charge on any atom is -0.463 e. The van der Waals surface area contributed by atoms with Gasteiger partial charge in [0.15, 0.2) is 5.76 Å². The Hall–Kier alpha value is -3.49. The van der Waals surface area contributed by atoms with E-state index in [0.717, 1.165) is 4.31 Å². The van der Waals surface area contributed by atoms with Crippen LogP contribution in [0.5, 0.6) is 0 Å². The Morgan fingerprint density at radius 3 is 2.53 bits per heavy atom. The molecule has 0 atom stereocenters. The summed E-state index contributed by atoms with van der Waals surface area (Å²) >= 11 is 0. The van der Waals surface area contributed by atoms with Gasteiger partial charge >= 0.3 is 0 Å². The van der Waals surface area contributed by atoms with Gasteiger partial charge in [-0.05, 0) is 42.5 Å². The zero-order valence-corrected chi connectivity index (χ0v) is 17.2. The Morgan fingerprint density at radius 1 is 1.00 bits per heavy atom. The van der Waals surface area contributed by atoms with Gasteiger partial charge in [0, 0.05) is 25.2 Å². The molecule has 1 N–H and O–H groups in total. The van der Waals surface area contributed by atoms with Crippen molar-refractivity contribution in [2.75, 3.05) is 19.4 Å². The maximum Gasteiger partial charge on any atom is 0.256 e. The quantitative estimate of drug-likeness (QED) is 0.526. The topological polar surface area (TPSA) is 92.5 Å². The molecule has 4 rings (SSSR count). The monoisotopic (exact) mass is 421 g/mol. The molecule has 0 radical (unpaired) electrons. The van der Waals surface area contributed by atoms with Gasteiger partial charge in [-0.3, -0.25) is 4.79 Å². The number of furan rings is 1. The number of anilines is 1. The molecular formula is C22H19N3O4S. The zero-order chi connectivity index (χ0) is 21.3. The van der Waals surface area contributed by atoms with Gasteiger partial charge in [-0.25, -0.2) is 17.7 Å². The highest BCUT2D eigenvalue weighted by molar-refractivity contribution is 7.89. The summed E-state index contributed by atoms with van der Waals surface area (Å²) in [6.07, 6.45) is 1.54. The van der Waals surface area contributed by atoms with Crippen LogP contribution in [0.2, 0.25) is 0 Å². The molecule has 2 heterocycles. The van der Waals surface area contributed by atoms with Crippen LogP contribution in [-0.2, 0) is 10.0 Å². The Morgan fingerprint density at radius 2 is 1.80 bits per heavy atom. The van der Waals surface area contributed by atoms with Crippen molar-refractivity contribution in [2.24, 2.45) is 0 Å². The number of nitrogens with zero attached hydrogens (tertiary/aromatic N) is 2. The van der Waals surface area contributed by atoms with Crippen LogP contribution in [0, 0.1) is 0 Å². The van der Waals surface area contributed by atoms with Crippen LogP contribution in [0.25, 0.3) is 22.4 Å². The number of hydrogen-bond acceptors (Lipinski definition) is 5. The summed E-state index contributed by atoms with van der Waals surface area (Å²) in [5.41, 5.74) is 1.98. The van der Waals surface area contributed by atoms with Crippen molar-refractivity contribution in [1.29, 1.82) is 0 Å². The molecule has 0 saturated carbocycles. The SMILES string of the molecule is CN(C)S(=O)(=O)c1cccc(NC(=O)c2cc(-c3ccco3)nc3ccccc23)c1. The minimum absolute atomic E-state index is 0.0983. The molecule has 0 spiro atoms. The lowest BCUT2D eigenvalue weighted by atomic mass is 10.1. The second-order valence-electron chi connectivity index (χ2n) is 6.82. The highest BCUT2D eigenvalue weighted by Crippen LogP contribution is 2.26. The van der Waals surface area contributed by atoms with Crippen LogP contribution in [0.4, 0.5) is 5.69 Å². The van der Waals surface area contributed by atoms with Crippen LogP contribution in [0.15, 0.2) is 82.3 Å². The second kappa shape index (κ2) is 7.74. The number of sulfonamides is 1. The van der Waals surface area contributed by atoms with E-state index < -0.39 is 10.0 Å². The molecule has 4 aromatic rings. The fraction of sp³-hybridized carbons (Fsp3) is 0.0909. The molecule has 0 aliphatic rings. The Kier molecular flexibility index (Phi) is 5.11. The van der Waals surface area contributed by atoms with E-state index in [0.29, 0.717) is 33.6 Å². The lowest BCUT2D eigenvalue weighted by Crippen LogP contribution is -2.22. The molecule has 0 unspecified atom stereocenters. The smallest absolute Gasteiger partial charge is 0.256 e. The highest BCUT2D eigenvalue weighted by Gasteiger charge is 2.19. The van der Waals surface area contributed by atoms with E-state index in [4.69, 9.17) is 4.42 Å². The molecule has 152 valence electrons. The number of carbonyl (C=O) groups is 1. The summed E-state index contributed by atoms with van der Waals surface area (Å²) in [5, 5.41) is 3.48. The van der Waals surface area contributed by atoms with Gasteiger partial charge in [0.1, 0.15) is 5.69 Å². The van der Waals surface area contributed by atoms with Gasteiger partial charge in [-0.2, -0.15) is 0 Å². The minimum atomic E-state index is -3.61. The van der Waals surface area contributed by atoms with E-state index in [1.54, 1.807) is 36.6 Å². The van der Waals surface area contributed by atoms with Crippen molar-refractivity contribution >= 4 is 32.5 Å². The summed E-state index contributed by atoms with van der Waals surface area (Å²) in [5.74, 6) is 0.176. The maximum atomic E-state index is 13.1. The van der Waals surface area contributed by atoms with Crippen molar-refractivity contribution in [3.63, 3.8) is 0 Å². The number of benzene rings is 2. The highest BCUT2D eigenvalue weighted by atomic mass is 32.2. The maximum absolute atomic E-state index is 13.1. The summed E-state index contributed by atoms with van der Waals surface area (Å²) in [7, 11) is -0.695. The predicted molar refractivity (Wildman–Crippen MR) is 115 cm³/mol. The second-order valence-corrected chi connectivity index (χ2v) is 8.97. The number of nitrogens with one attached hydrogen (secondary N) is 1. The normalized spacial score (nSPS) is 11.7. The molecule has 2 aromatic heterocycles. The first-order valence-corrected chi connectivity index (χ1v) is 10.6. The number of para-hydroxylation sites is 1. The van der Waals surface area contributed by atoms with E-state index in [9.17, 15) is 13.2 Å². The molecule has 0 aliphatic carbocycles. The standard InChI is InChI=1S/C22H19N3O4S/c1-25(2)30(27,28)16-8-5-7-15(13-16)23-22(26)18-14-20(21-11-6-12-29-21)24-19-10-4-3-9-17(18)19/h3-14H,1-2H3,(H,23,26). The van der Waals surface area contributed by atoms with Crippen molar-refractivity contribution in [1.82, 2.24) is 9.29 Å². The van der Waals surface area contributed by atoms with E-state index >= 15 is 0 Å². The van der Waals surface area contributed by atoms with E-state index in [-0.39, 0.29) is 10.8 Å². The number of hydrogen-bond donors (Lipinski definition) is 1. The molecule has 0 saturated heterocycles. The molecule has 8 heteroatoms. The van der Waals surface area contributed by atoms with Crippen molar-refractivity contribution in [3.8, 4) is 11.5 Å². The number of carbonyl (C=O) groups excluding carboxylic acids is 1. The first-order chi connectivity index (χ1) is 14.4. The Labute approximate surface area is 174 Å². The predicted octanol–water partition coefficient (Wildman–Crippen LogP) is 4.00. The molecule has 30 heavy (non-hydrogen) atoms. The Balaban J connectivity index is 1.74. The van der Waals surface area contributed by atoms with Crippen molar-refractivity contribution in [3.05, 3.63) is 78.6 Å². The third-order valence-electron chi connectivity index (χ3n) is 4.60. The molecule has 7 nitrogen and oxygen atoms in total. The first-order valence-electron chi connectivity index (χ1n) is 9.14. The molecule has 1 amide bonds. The molecular weight excluding hydrogens is 402 g/mol. The van der Waals surface area contributed by atoms with E-state index in [2.05, 4.69) is 10.3 Å². The Bertz CT molecular complexity index is 1330. The lowest BCUT2D eigenvalue weighted by molar-refractivity contribution is 0.102. The van der Waals surface area contributed by atoms with Gasteiger partial charge in [0.25, 0.3) is 5.91 Å². The van der Waals surface area contributed by atoms with Gasteiger partial charge in [-0.15, -0.1) is 0 Å². The van der Waals surface area contributed by atoms with Crippen LogP contribution in [0.3, 0.4) is 0 Å². The number of rotatable bonds is 5. The largest absolute Gasteiger partial charge is 0.463 e.